The van der Waals surface area contributed by atoms with Crippen molar-refractivity contribution < 1.29 is 0 Å². The first-order chi connectivity index (χ1) is 11.8. The number of hydrogen-bond acceptors (Lipinski definition) is 0. The van der Waals surface area contributed by atoms with E-state index in [9.17, 15) is 0 Å². The minimum atomic E-state index is 0.811. The Kier molecular flexibility index (Phi) is 4.00. The van der Waals surface area contributed by atoms with E-state index < -0.39 is 0 Å². The lowest BCUT2D eigenvalue weighted by Crippen LogP contribution is -1.95. The van der Waals surface area contributed by atoms with Crippen molar-refractivity contribution in [3.05, 3.63) is 88.5 Å². The maximum atomic E-state index is 6.42. The second-order valence-corrected chi connectivity index (χ2v) is 6.67. The molecule has 0 N–H and O–H groups in total. The molecule has 3 aromatic rings. The van der Waals surface area contributed by atoms with E-state index in [-0.39, 0.29) is 0 Å². The van der Waals surface area contributed by atoms with Gasteiger partial charge in [-0.25, -0.2) is 0 Å². The molecule has 118 valence electrons. The predicted molar refractivity (Wildman–Crippen MR) is 106 cm³/mol. The normalized spacial score (nSPS) is 13.1. The molecule has 0 amide bonds. The molecule has 4 rings (SSSR count). The highest BCUT2D eigenvalue weighted by molar-refractivity contribution is 6.31. The number of benzene rings is 3. The first kappa shape index (κ1) is 15.2. The fourth-order valence-electron chi connectivity index (χ4n) is 3.53. The maximum absolute atomic E-state index is 6.42. The molecule has 1 aliphatic carbocycles. The maximum Gasteiger partial charge on any atom is 0.0414 e. The summed E-state index contributed by atoms with van der Waals surface area (Å²) in [7, 11) is 0. The third kappa shape index (κ3) is 2.68. The van der Waals surface area contributed by atoms with Crippen LogP contribution in [0.2, 0.25) is 5.02 Å². The van der Waals surface area contributed by atoms with Gasteiger partial charge in [-0.15, -0.1) is 0 Å². The van der Waals surface area contributed by atoms with E-state index in [1.54, 1.807) is 0 Å². The molecular formula is C23H19Cl. The zero-order chi connectivity index (χ0) is 16.5. The molecule has 0 radical (unpaired) electrons. The van der Waals surface area contributed by atoms with Gasteiger partial charge in [-0.3, -0.25) is 0 Å². The van der Waals surface area contributed by atoms with Crippen LogP contribution in [-0.4, -0.2) is 0 Å². The van der Waals surface area contributed by atoms with Crippen molar-refractivity contribution in [2.24, 2.45) is 0 Å². The number of fused-ring (bicyclic) bond motifs is 2. The van der Waals surface area contributed by atoms with Crippen LogP contribution < -0.4 is 0 Å². The van der Waals surface area contributed by atoms with Gasteiger partial charge in [0.05, 0.1) is 0 Å². The molecule has 0 fully saturated rings. The predicted octanol–water partition coefficient (Wildman–Crippen LogP) is 6.85. The summed E-state index contributed by atoms with van der Waals surface area (Å²) in [6.45, 7) is 2.17. The molecule has 0 spiro atoms. The van der Waals surface area contributed by atoms with Crippen LogP contribution in [0.1, 0.15) is 23.6 Å². The zero-order valence-corrected chi connectivity index (χ0v) is 14.5. The highest BCUT2D eigenvalue weighted by atomic mass is 35.5. The third-order valence-electron chi connectivity index (χ3n) is 4.69. The van der Waals surface area contributed by atoms with E-state index in [1.807, 2.05) is 0 Å². The molecule has 1 heteroatoms. The van der Waals surface area contributed by atoms with Crippen molar-refractivity contribution in [2.75, 3.05) is 0 Å². The quantitative estimate of drug-likeness (QED) is 0.482. The summed E-state index contributed by atoms with van der Waals surface area (Å²) in [5.41, 5.74) is 6.49. The minimum Gasteiger partial charge on any atom is -0.0843 e. The summed E-state index contributed by atoms with van der Waals surface area (Å²) in [5, 5.41) is 3.38. The summed E-state index contributed by atoms with van der Waals surface area (Å²) in [5.74, 6) is 0. The first-order valence-corrected chi connectivity index (χ1v) is 8.81. The molecular weight excluding hydrogens is 312 g/mol. The van der Waals surface area contributed by atoms with Crippen molar-refractivity contribution in [1.29, 1.82) is 0 Å². The highest BCUT2D eigenvalue weighted by Gasteiger charge is 2.15. The van der Waals surface area contributed by atoms with Gasteiger partial charge in [-0.2, -0.15) is 0 Å². The lowest BCUT2D eigenvalue weighted by Gasteiger charge is -2.17. The van der Waals surface area contributed by atoms with E-state index in [2.05, 4.69) is 79.8 Å². The van der Waals surface area contributed by atoms with E-state index in [0.29, 0.717) is 0 Å². The number of halogens is 1. The van der Waals surface area contributed by atoms with Crippen LogP contribution in [-0.2, 0) is 12.8 Å². The summed E-state index contributed by atoms with van der Waals surface area (Å²) in [4.78, 5) is 0. The van der Waals surface area contributed by atoms with Crippen LogP contribution in [0, 0.1) is 0 Å². The van der Waals surface area contributed by atoms with Gasteiger partial charge in [0.1, 0.15) is 0 Å². The minimum absolute atomic E-state index is 0.811. The lowest BCUT2D eigenvalue weighted by molar-refractivity contribution is 1.14. The van der Waals surface area contributed by atoms with Gasteiger partial charge in [-0.05, 0) is 69.6 Å². The zero-order valence-electron chi connectivity index (χ0n) is 13.7. The van der Waals surface area contributed by atoms with E-state index in [1.165, 1.54) is 38.6 Å². The number of aryl methyl sites for hydroxylation is 1. The Morgan fingerprint density at radius 3 is 2.75 bits per heavy atom. The molecule has 1 aliphatic rings. The van der Waals surface area contributed by atoms with Crippen molar-refractivity contribution >= 4 is 28.4 Å². The largest absolute Gasteiger partial charge is 0.0843 e. The second-order valence-electron chi connectivity index (χ2n) is 6.23. The van der Waals surface area contributed by atoms with Gasteiger partial charge >= 0.3 is 0 Å². The molecule has 0 bridgehead atoms. The molecule has 0 aliphatic heterocycles. The van der Waals surface area contributed by atoms with Gasteiger partial charge in [0, 0.05) is 5.02 Å². The Morgan fingerprint density at radius 2 is 1.88 bits per heavy atom. The highest BCUT2D eigenvalue weighted by Crippen LogP contribution is 2.38. The fraction of sp³-hybridized carbons (Fsp3) is 0.130. The summed E-state index contributed by atoms with van der Waals surface area (Å²) < 4.78 is 0. The van der Waals surface area contributed by atoms with Crippen LogP contribution in [0.5, 0.6) is 0 Å². The Bertz CT molecular complexity index is 977. The molecule has 3 aromatic carbocycles. The monoisotopic (exact) mass is 330 g/mol. The van der Waals surface area contributed by atoms with E-state index in [0.717, 1.165) is 17.9 Å². The molecule has 0 saturated heterocycles. The molecule has 0 nitrogen and oxygen atoms in total. The lowest BCUT2D eigenvalue weighted by atomic mass is 9.87. The topological polar surface area (TPSA) is 0 Å². The smallest absolute Gasteiger partial charge is 0.0414 e. The molecule has 0 saturated carbocycles. The van der Waals surface area contributed by atoms with E-state index >= 15 is 0 Å². The summed E-state index contributed by atoms with van der Waals surface area (Å²) in [6, 6.07) is 17.4. The van der Waals surface area contributed by atoms with Crippen LogP contribution in [0.25, 0.3) is 28.0 Å². The molecule has 24 heavy (non-hydrogen) atoms. The SMILES string of the molecule is CCc1cc(Cl)cc(-c2c3c(cc4ccccc24)C=CC=CC3)c1. The van der Waals surface area contributed by atoms with E-state index in [4.69, 9.17) is 11.6 Å². The van der Waals surface area contributed by atoms with Crippen LogP contribution in [0.4, 0.5) is 0 Å². The standard InChI is InChI=1S/C23H19Cl/c1-2-16-12-19(15-20(24)13-16)23-21-10-5-3-4-8-17(21)14-18-9-6-7-11-22(18)23/h3-9,11-15H,2,10H2,1H3. The second kappa shape index (κ2) is 6.30. The van der Waals surface area contributed by atoms with Gasteiger partial charge in [0.25, 0.3) is 0 Å². The van der Waals surface area contributed by atoms with Crippen molar-refractivity contribution in [3.63, 3.8) is 0 Å². The average Bonchev–Trinajstić information content (AvgIpc) is 2.84. The van der Waals surface area contributed by atoms with Crippen LogP contribution in [0.3, 0.4) is 0 Å². The fourth-order valence-corrected chi connectivity index (χ4v) is 3.79. The molecule has 0 unspecified atom stereocenters. The van der Waals surface area contributed by atoms with Gasteiger partial charge < -0.3 is 0 Å². The summed E-state index contributed by atoms with van der Waals surface area (Å²) >= 11 is 6.42. The number of rotatable bonds is 2. The van der Waals surface area contributed by atoms with Gasteiger partial charge in [-0.1, -0.05) is 73.2 Å². The Hall–Kier alpha value is -2.31. The van der Waals surface area contributed by atoms with Gasteiger partial charge in [0.2, 0.25) is 0 Å². The summed E-state index contributed by atoms with van der Waals surface area (Å²) in [6.07, 6.45) is 10.6. The number of allylic oxidation sites excluding steroid dienone is 3. The first-order valence-electron chi connectivity index (χ1n) is 8.44. The number of hydrogen-bond donors (Lipinski definition) is 0. The average molecular weight is 331 g/mol. The van der Waals surface area contributed by atoms with Crippen LogP contribution in [0.15, 0.2) is 66.8 Å². The Morgan fingerprint density at radius 1 is 1.00 bits per heavy atom. The van der Waals surface area contributed by atoms with Crippen molar-refractivity contribution in [2.45, 2.75) is 19.8 Å². The molecule has 0 heterocycles. The van der Waals surface area contributed by atoms with Crippen LogP contribution >= 0.6 is 11.6 Å². The van der Waals surface area contributed by atoms with Crippen molar-refractivity contribution in [3.8, 4) is 11.1 Å². The third-order valence-corrected chi connectivity index (χ3v) is 4.91. The van der Waals surface area contributed by atoms with Crippen molar-refractivity contribution in [1.82, 2.24) is 0 Å². The molecule has 0 atom stereocenters. The molecule has 0 aromatic heterocycles. The Labute approximate surface area is 148 Å². The van der Waals surface area contributed by atoms with Gasteiger partial charge in [0.15, 0.2) is 0 Å². The Balaban J connectivity index is 2.10.